The van der Waals surface area contributed by atoms with Crippen molar-refractivity contribution in [1.29, 1.82) is 0 Å². The Hall–Kier alpha value is -2.25. The molecule has 8 heteroatoms. The Balaban J connectivity index is 0.00000261. The molecule has 1 aliphatic heterocycles. The normalized spacial score (nSPS) is 15.5. The number of hydrogen-bond acceptors (Lipinski definition) is 5. The molecule has 7 nitrogen and oxygen atoms in total. The Morgan fingerprint density at radius 1 is 1.33 bits per heavy atom. The van der Waals surface area contributed by atoms with E-state index in [2.05, 4.69) is 15.7 Å². The predicted molar refractivity (Wildman–Crippen MR) is 106 cm³/mol. The van der Waals surface area contributed by atoms with Gasteiger partial charge in [-0.05, 0) is 56.6 Å². The average Bonchev–Trinajstić information content (AvgIpc) is 3.23. The fraction of sp³-hybridized carbons (Fsp3) is 0.474. The number of carbonyl (C=O) groups is 1. The minimum absolute atomic E-state index is 0. The van der Waals surface area contributed by atoms with Gasteiger partial charge in [-0.1, -0.05) is 6.07 Å². The van der Waals surface area contributed by atoms with E-state index in [4.69, 9.17) is 9.47 Å². The lowest BCUT2D eigenvalue weighted by molar-refractivity contribution is -0.132. The minimum atomic E-state index is -0.635. The SMILES string of the molecule is CCOc1ccc(CNC(=O)C2(n3cccn3)CCNCC2)cc1OC.Cl. The summed E-state index contributed by atoms with van der Waals surface area (Å²) in [5, 5.41) is 10.7. The van der Waals surface area contributed by atoms with Crippen molar-refractivity contribution < 1.29 is 14.3 Å². The second-order valence-corrected chi connectivity index (χ2v) is 6.33. The molecule has 2 aromatic rings. The molecule has 0 spiro atoms. The van der Waals surface area contributed by atoms with Gasteiger partial charge in [0, 0.05) is 18.9 Å². The van der Waals surface area contributed by atoms with Crippen LogP contribution in [0.2, 0.25) is 0 Å². The quantitative estimate of drug-likeness (QED) is 0.752. The van der Waals surface area contributed by atoms with E-state index in [0.29, 0.717) is 37.5 Å². The van der Waals surface area contributed by atoms with Crippen LogP contribution in [0.1, 0.15) is 25.3 Å². The molecule has 0 unspecified atom stereocenters. The zero-order valence-corrected chi connectivity index (χ0v) is 16.6. The topological polar surface area (TPSA) is 77.4 Å². The van der Waals surface area contributed by atoms with E-state index in [1.807, 2.05) is 37.4 Å². The van der Waals surface area contributed by atoms with Crippen LogP contribution in [0.4, 0.5) is 0 Å². The summed E-state index contributed by atoms with van der Waals surface area (Å²) in [7, 11) is 1.61. The van der Waals surface area contributed by atoms with Gasteiger partial charge < -0.3 is 20.1 Å². The minimum Gasteiger partial charge on any atom is -0.493 e. The third-order valence-corrected chi connectivity index (χ3v) is 4.78. The molecule has 0 radical (unpaired) electrons. The number of rotatable bonds is 7. The predicted octanol–water partition coefficient (Wildman–Crippen LogP) is 2.11. The molecule has 2 N–H and O–H groups in total. The standard InChI is InChI=1S/C19H26N4O3.ClH/c1-3-26-16-6-5-15(13-17(16)25-2)14-21-18(24)19(7-10-20-11-8-19)23-12-4-9-22-23;/h4-6,9,12-13,20H,3,7-8,10-11,14H2,1-2H3,(H,21,24);1H. The van der Waals surface area contributed by atoms with Crippen LogP contribution < -0.4 is 20.1 Å². The molecule has 1 saturated heterocycles. The maximum Gasteiger partial charge on any atom is 0.248 e. The number of amides is 1. The van der Waals surface area contributed by atoms with Crippen LogP contribution in [0.5, 0.6) is 11.5 Å². The largest absolute Gasteiger partial charge is 0.493 e. The van der Waals surface area contributed by atoms with E-state index in [-0.39, 0.29) is 18.3 Å². The van der Waals surface area contributed by atoms with Crippen LogP contribution in [-0.2, 0) is 16.9 Å². The number of aromatic nitrogens is 2. The Morgan fingerprint density at radius 2 is 2.11 bits per heavy atom. The van der Waals surface area contributed by atoms with E-state index in [9.17, 15) is 4.79 Å². The molecule has 0 saturated carbocycles. The van der Waals surface area contributed by atoms with Crippen molar-refractivity contribution >= 4 is 18.3 Å². The fourth-order valence-electron chi connectivity index (χ4n) is 3.37. The molecule has 1 aromatic heterocycles. The zero-order chi connectivity index (χ0) is 18.4. The Morgan fingerprint density at radius 3 is 2.74 bits per heavy atom. The Bertz CT molecular complexity index is 731. The van der Waals surface area contributed by atoms with E-state index in [1.54, 1.807) is 18.0 Å². The first-order valence-corrected chi connectivity index (χ1v) is 8.98. The molecule has 1 fully saturated rings. The molecular weight excluding hydrogens is 368 g/mol. The van der Waals surface area contributed by atoms with Crippen LogP contribution in [0.25, 0.3) is 0 Å². The number of piperidine rings is 1. The number of hydrogen-bond donors (Lipinski definition) is 2. The summed E-state index contributed by atoms with van der Waals surface area (Å²) < 4.78 is 12.7. The molecule has 1 amide bonds. The summed E-state index contributed by atoms with van der Waals surface area (Å²) in [5.74, 6) is 1.37. The van der Waals surface area contributed by atoms with Gasteiger partial charge in [-0.25, -0.2) is 0 Å². The number of methoxy groups -OCH3 is 1. The second kappa shape index (κ2) is 9.62. The van der Waals surface area contributed by atoms with Crippen molar-refractivity contribution in [1.82, 2.24) is 20.4 Å². The number of nitrogens with zero attached hydrogens (tertiary/aromatic N) is 2. The number of benzene rings is 1. The van der Waals surface area contributed by atoms with Crippen LogP contribution in [0.3, 0.4) is 0 Å². The Kier molecular flexibility index (Phi) is 7.50. The van der Waals surface area contributed by atoms with Gasteiger partial charge in [-0.3, -0.25) is 9.48 Å². The van der Waals surface area contributed by atoms with Crippen molar-refractivity contribution in [3.63, 3.8) is 0 Å². The summed E-state index contributed by atoms with van der Waals surface area (Å²) in [6.07, 6.45) is 5.01. The summed E-state index contributed by atoms with van der Waals surface area (Å²) >= 11 is 0. The van der Waals surface area contributed by atoms with Gasteiger partial charge >= 0.3 is 0 Å². The van der Waals surface area contributed by atoms with Gasteiger partial charge in [0.25, 0.3) is 0 Å². The molecular formula is C19H27ClN4O3. The molecule has 27 heavy (non-hydrogen) atoms. The van der Waals surface area contributed by atoms with E-state index in [1.165, 1.54) is 0 Å². The summed E-state index contributed by atoms with van der Waals surface area (Å²) in [4.78, 5) is 13.1. The van der Waals surface area contributed by atoms with E-state index < -0.39 is 5.54 Å². The maximum atomic E-state index is 13.1. The summed E-state index contributed by atoms with van der Waals surface area (Å²) in [6.45, 7) is 4.53. The monoisotopic (exact) mass is 394 g/mol. The van der Waals surface area contributed by atoms with Crippen molar-refractivity contribution in [2.45, 2.75) is 31.8 Å². The molecule has 0 aliphatic carbocycles. The number of nitrogens with one attached hydrogen (secondary N) is 2. The number of halogens is 1. The molecule has 148 valence electrons. The molecule has 0 atom stereocenters. The lowest BCUT2D eigenvalue weighted by Gasteiger charge is -2.36. The van der Waals surface area contributed by atoms with Crippen molar-refractivity contribution in [3.05, 3.63) is 42.2 Å². The molecule has 0 bridgehead atoms. The summed E-state index contributed by atoms with van der Waals surface area (Å²) in [5.41, 5.74) is 0.326. The number of carbonyl (C=O) groups excluding carboxylic acids is 1. The molecule has 1 aromatic carbocycles. The van der Waals surface area contributed by atoms with Gasteiger partial charge in [0.1, 0.15) is 5.54 Å². The fourth-order valence-corrected chi connectivity index (χ4v) is 3.37. The third-order valence-electron chi connectivity index (χ3n) is 4.78. The first kappa shape index (κ1) is 21.1. The highest BCUT2D eigenvalue weighted by molar-refractivity contribution is 5.85. The Labute approximate surface area is 165 Å². The highest BCUT2D eigenvalue weighted by Gasteiger charge is 2.41. The van der Waals surface area contributed by atoms with Crippen molar-refractivity contribution in [2.75, 3.05) is 26.8 Å². The third kappa shape index (κ3) is 4.54. The lowest BCUT2D eigenvalue weighted by Crippen LogP contribution is -2.54. The van der Waals surface area contributed by atoms with Gasteiger partial charge in [-0.15, -0.1) is 12.4 Å². The van der Waals surface area contributed by atoms with Crippen LogP contribution >= 0.6 is 12.4 Å². The van der Waals surface area contributed by atoms with Crippen LogP contribution in [-0.4, -0.2) is 42.5 Å². The van der Waals surface area contributed by atoms with E-state index in [0.717, 1.165) is 18.7 Å². The average molecular weight is 395 g/mol. The first-order chi connectivity index (χ1) is 12.7. The first-order valence-electron chi connectivity index (χ1n) is 8.98. The zero-order valence-electron chi connectivity index (χ0n) is 15.7. The van der Waals surface area contributed by atoms with Crippen molar-refractivity contribution in [2.24, 2.45) is 0 Å². The van der Waals surface area contributed by atoms with E-state index >= 15 is 0 Å². The van der Waals surface area contributed by atoms with Gasteiger partial charge in [0.05, 0.1) is 13.7 Å². The van der Waals surface area contributed by atoms with Crippen molar-refractivity contribution in [3.8, 4) is 11.5 Å². The highest BCUT2D eigenvalue weighted by Crippen LogP contribution is 2.29. The van der Waals surface area contributed by atoms with Gasteiger partial charge in [0.15, 0.2) is 11.5 Å². The smallest absolute Gasteiger partial charge is 0.248 e. The molecule has 1 aliphatic rings. The lowest BCUT2D eigenvalue weighted by atomic mass is 9.87. The number of ether oxygens (including phenoxy) is 2. The van der Waals surface area contributed by atoms with Crippen LogP contribution in [0.15, 0.2) is 36.7 Å². The molecule has 2 heterocycles. The van der Waals surface area contributed by atoms with Gasteiger partial charge in [0.2, 0.25) is 5.91 Å². The second-order valence-electron chi connectivity index (χ2n) is 6.33. The van der Waals surface area contributed by atoms with Crippen LogP contribution in [0, 0.1) is 0 Å². The highest BCUT2D eigenvalue weighted by atomic mass is 35.5. The maximum absolute atomic E-state index is 13.1. The molecule has 3 rings (SSSR count). The summed E-state index contributed by atoms with van der Waals surface area (Å²) in [6, 6.07) is 7.57. The van der Waals surface area contributed by atoms with Gasteiger partial charge in [-0.2, -0.15) is 5.10 Å².